The van der Waals surface area contributed by atoms with Crippen LogP contribution < -0.4 is 5.73 Å². The van der Waals surface area contributed by atoms with Gasteiger partial charge in [0, 0.05) is 9.61 Å². The monoisotopic (exact) mass is 419 g/mol. The van der Waals surface area contributed by atoms with E-state index >= 15 is 0 Å². The summed E-state index contributed by atoms with van der Waals surface area (Å²) in [7, 11) is 0. The molecule has 2 N–H and O–H groups in total. The number of halogens is 3. The largest absolute Gasteiger partial charge is 0.324 e. The van der Waals surface area contributed by atoms with Gasteiger partial charge in [0.1, 0.15) is 5.82 Å². The zero-order valence-electron chi connectivity index (χ0n) is 9.54. The standard InChI is InChI=1S/C14H12BrFIN/c15-14-9(4-3-6-11(14)16)8-13(18)10-5-1-2-7-12(10)17/h1-7,13H,8,18H2. The van der Waals surface area contributed by atoms with Crippen LogP contribution in [0.1, 0.15) is 17.2 Å². The van der Waals surface area contributed by atoms with Gasteiger partial charge in [-0.2, -0.15) is 0 Å². The van der Waals surface area contributed by atoms with E-state index in [4.69, 9.17) is 5.73 Å². The molecule has 0 aliphatic heterocycles. The van der Waals surface area contributed by atoms with Crippen molar-refractivity contribution in [3.8, 4) is 0 Å². The second-order valence-electron chi connectivity index (χ2n) is 4.05. The van der Waals surface area contributed by atoms with Crippen LogP contribution in [0.25, 0.3) is 0 Å². The molecule has 0 saturated carbocycles. The van der Waals surface area contributed by atoms with Gasteiger partial charge in [-0.3, -0.25) is 0 Å². The summed E-state index contributed by atoms with van der Waals surface area (Å²) in [5.41, 5.74) is 8.18. The molecule has 2 rings (SSSR count). The number of nitrogens with two attached hydrogens (primary N) is 1. The highest BCUT2D eigenvalue weighted by Gasteiger charge is 2.13. The molecule has 0 aromatic heterocycles. The van der Waals surface area contributed by atoms with E-state index in [0.29, 0.717) is 10.9 Å². The van der Waals surface area contributed by atoms with Crippen molar-refractivity contribution >= 4 is 38.5 Å². The summed E-state index contributed by atoms with van der Waals surface area (Å²) in [4.78, 5) is 0. The third-order valence-corrected chi connectivity index (χ3v) is 4.65. The Morgan fingerprint density at radius 1 is 1.17 bits per heavy atom. The Balaban J connectivity index is 2.24. The molecule has 0 amide bonds. The van der Waals surface area contributed by atoms with Crippen molar-refractivity contribution in [1.29, 1.82) is 0 Å². The van der Waals surface area contributed by atoms with Crippen molar-refractivity contribution in [3.05, 3.63) is 67.5 Å². The summed E-state index contributed by atoms with van der Waals surface area (Å²) in [6.07, 6.45) is 0.609. The molecule has 94 valence electrons. The van der Waals surface area contributed by atoms with Crippen LogP contribution in [0.15, 0.2) is 46.9 Å². The van der Waals surface area contributed by atoms with Gasteiger partial charge in [-0.15, -0.1) is 0 Å². The van der Waals surface area contributed by atoms with Gasteiger partial charge in [-0.25, -0.2) is 4.39 Å². The summed E-state index contributed by atoms with van der Waals surface area (Å²) in [5.74, 6) is -0.248. The van der Waals surface area contributed by atoms with E-state index < -0.39 is 0 Å². The first-order valence-electron chi connectivity index (χ1n) is 5.52. The van der Waals surface area contributed by atoms with E-state index in [1.807, 2.05) is 30.3 Å². The van der Waals surface area contributed by atoms with E-state index in [2.05, 4.69) is 38.5 Å². The summed E-state index contributed by atoms with van der Waals surface area (Å²) in [6, 6.07) is 12.9. The van der Waals surface area contributed by atoms with E-state index in [1.54, 1.807) is 6.07 Å². The lowest BCUT2D eigenvalue weighted by Gasteiger charge is -2.15. The molecule has 0 bridgehead atoms. The zero-order chi connectivity index (χ0) is 13.1. The van der Waals surface area contributed by atoms with Crippen molar-refractivity contribution in [2.24, 2.45) is 5.73 Å². The Morgan fingerprint density at radius 3 is 2.61 bits per heavy atom. The normalized spacial score (nSPS) is 12.4. The zero-order valence-corrected chi connectivity index (χ0v) is 13.3. The third-order valence-electron chi connectivity index (χ3n) is 2.78. The second kappa shape index (κ2) is 6.12. The fourth-order valence-electron chi connectivity index (χ4n) is 1.83. The molecular formula is C14H12BrFIN. The van der Waals surface area contributed by atoms with Gasteiger partial charge in [-0.05, 0) is 68.2 Å². The molecule has 2 aromatic carbocycles. The number of rotatable bonds is 3. The first-order valence-corrected chi connectivity index (χ1v) is 7.39. The predicted octanol–water partition coefficient (Wildman–Crippen LogP) is 4.44. The van der Waals surface area contributed by atoms with Gasteiger partial charge < -0.3 is 5.73 Å². The van der Waals surface area contributed by atoms with Gasteiger partial charge in [0.15, 0.2) is 0 Å². The van der Waals surface area contributed by atoms with E-state index in [1.165, 1.54) is 6.07 Å². The predicted molar refractivity (Wildman–Crippen MR) is 83.9 cm³/mol. The average Bonchev–Trinajstić information content (AvgIpc) is 2.35. The van der Waals surface area contributed by atoms with Crippen molar-refractivity contribution in [1.82, 2.24) is 0 Å². The molecule has 0 aliphatic rings. The molecule has 18 heavy (non-hydrogen) atoms. The van der Waals surface area contributed by atoms with Crippen LogP contribution in [0.3, 0.4) is 0 Å². The van der Waals surface area contributed by atoms with Gasteiger partial charge >= 0.3 is 0 Å². The summed E-state index contributed by atoms with van der Waals surface area (Å²) >= 11 is 5.54. The molecule has 0 saturated heterocycles. The Bertz CT molecular complexity index is 559. The SMILES string of the molecule is NC(Cc1cccc(F)c1Br)c1ccccc1I. The number of hydrogen-bond acceptors (Lipinski definition) is 1. The van der Waals surface area contributed by atoms with Crippen LogP contribution >= 0.6 is 38.5 Å². The van der Waals surface area contributed by atoms with Crippen LogP contribution in [-0.2, 0) is 6.42 Å². The first-order chi connectivity index (χ1) is 8.59. The van der Waals surface area contributed by atoms with Crippen molar-refractivity contribution < 1.29 is 4.39 Å². The third kappa shape index (κ3) is 3.10. The molecule has 1 unspecified atom stereocenters. The van der Waals surface area contributed by atoms with Gasteiger partial charge in [0.05, 0.1) is 4.47 Å². The van der Waals surface area contributed by atoms with Crippen molar-refractivity contribution in [2.75, 3.05) is 0 Å². The number of hydrogen-bond donors (Lipinski definition) is 1. The summed E-state index contributed by atoms with van der Waals surface area (Å²) in [6.45, 7) is 0. The van der Waals surface area contributed by atoms with Crippen LogP contribution in [0.5, 0.6) is 0 Å². The summed E-state index contributed by atoms with van der Waals surface area (Å²) in [5, 5.41) is 0. The molecule has 0 heterocycles. The number of benzene rings is 2. The molecule has 4 heteroatoms. The first kappa shape index (κ1) is 14.0. The Kier molecular flexibility index (Phi) is 4.75. The summed E-state index contributed by atoms with van der Waals surface area (Å²) < 4.78 is 15.1. The lowest BCUT2D eigenvalue weighted by atomic mass is 10.00. The minimum atomic E-state index is -0.248. The maximum absolute atomic E-state index is 13.4. The topological polar surface area (TPSA) is 26.0 Å². The van der Waals surface area contributed by atoms with E-state index in [9.17, 15) is 4.39 Å². The average molecular weight is 420 g/mol. The lowest BCUT2D eigenvalue weighted by molar-refractivity contribution is 0.614. The highest BCUT2D eigenvalue weighted by Crippen LogP contribution is 2.26. The van der Waals surface area contributed by atoms with E-state index in [0.717, 1.165) is 14.7 Å². The molecule has 1 nitrogen and oxygen atoms in total. The second-order valence-corrected chi connectivity index (χ2v) is 6.00. The highest BCUT2D eigenvalue weighted by atomic mass is 127. The maximum Gasteiger partial charge on any atom is 0.137 e. The fraction of sp³-hybridized carbons (Fsp3) is 0.143. The Hall–Kier alpha value is -0.460. The van der Waals surface area contributed by atoms with Crippen LogP contribution in [0.4, 0.5) is 4.39 Å². The highest BCUT2D eigenvalue weighted by molar-refractivity contribution is 14.1. The molecule has 0 radical (unpaired) electrons. The Labute approximate surface area is 128 Å². The maximum atomic E-state index is 13.4. The minimum absolute atomic E-state index is 0.129. The molecule has 0 fully saturated rings. The Morgan fingerprint density at radius 2 is 1.89 bits per heavy atom. The van der Waals surface area contributed by atoms with Crippen molar-refractivity contribution in [3.63, 3.8) is 0 Å². The molecule has 1 atom stereocenters. The quantitative estimate of drug-likeness (QED) is 0.731. The van der Waals surface area contributed by atoms with Gasteiger partial charge in [0.2, 0.25) is 0 Å². The smallest absolute Gasteiger partial charge is 0.137 e. The molecule has 0 spiro atoms. The van der Waals surface area contributed by atoms with Crippen LogP contribution in [0, 0.1) is 9.39 Å². The molecular weight excluding hydrogens is 408 g/mol. The van der Waals surface area contributed by atoms with Crippen LogP contribution in [-0.4, -0.2) is 0 Å². The molecule has 0 aliphatic carbocycles. The van der Waals surface area contributed by atoms with Gasteiger partial charge in [-0.1, -0.05) is 30.3 Å². The molecule has 2 aromatic rings. The minimum Gasteiger partial charge on any atom is -0.324 e. The van der Waals surface area contributed by atoms with E-state index in [-0.39, 0.29) is 11.9 Å². The van der Waals surface area contributed by atoms with Crippen LogP contribution in [0.2, 0.25) is 0 Å². The fourth-order valence-corrected chi connectivity index (χ4v) is 3.04. The van der Waals surface area contributed by atoms with Gasteiger partial charge in [0.25, 0.3) is 0 Å². The van der Waals surface area contributed by atoms with Crippen molar-refractivity contribution in [2.45, 2.75) is 12.5 Å². The lowest BCUT2D eigenvalue weighted by Crippen LogP contribution is -2.15.